The number of aryl methyl sites for hydroxylation is 1. The molecule has 1 heterocycles. The van der Waals surface area contributed by atoms with Gasteiger partial charge in [-0.15, -0.1) is 11.3 Å². The molecule has 0 radical (unpaired) electrons. The van der Waals surface area contributed by atoms with Crippen molar-refractivity contribution in [2.24, 2.45) is 0 Å². The lowest BCUT2D eigenvalue weighted by atomic mass is 10.3. The fourth-order valence-corrected chi connectivity index (χ4v) is 1.95. The number of aromatic nitrogens is 1. The first-order valence-electron chi connectivity index (χ1n) is 4.86. The highest BCUT2D eigenvalue weighted by Gasteiger charge is 2.09. The third kappa shape index (κ3) is 3.97. The fraction of sp³-hybridized carbons (Fsp3) is 0.600. The van der Waals surface area contributed by atoms with Crippen LogP contribution in [0.2, 0.25) is 0 Å². The number of carbonyl (C=O) groups is 1. The molecule has 0 bridgehead atoms. The zero-order valence-electron chi connectivity index (χ0n) is 9.24. The van der Waals surface area contributed by atoms with Crippen LogP contribution in [0.3, 0.4) is 0 Å². The molecule has 0 spiro atoms. The minimum absolute atomic E-state index is 0.188. The number of hydrogen-bond acceptors (Lipinski definition) is 5. The van der Waals surface area contributed by atoms with Crippen LogP contribution < -0.4 is 5.32 Å². The van der Waals surface area contributed by atoms with E-state index in [0.29, 0.717) is 13.0 Å². The fourth-order valence-electron chi connectivity index (χ4n) is 1.15. The maximum Gasteiger partial charge on any atom is 0.306 e. The van der Waals surface area contributed by atoms with Gasteiger partial charge in [-0.2, -0.15) is 0 Å². The number of thiazole rings is 1. The maximum absolute atomic E-state index is 10.9. The molecule has 1 aromatic heterocycles. The van der Waals surface area contributed by atoms with Crippen molar-refractivity contribution in [1.82, 2.24) is 10.3 Å². The molecule has 1 N–H and O–H groups in total. The van der Waals surface area contributed by atoms with Crippen molar-refractivity contribution >= 4 is 17.3 Å². The maximum atomic E-state index is 10.9. The lowest BCUT2D eigenvalue weighted by Gasteiger charge is -2.09. The van der Waals surface area contributed by atoms with Crippen molar-refractivity contribution in [3.63, 3.8) is 0 Å². The highest BCUT2D eigenvalue weighted by molar-refractivity contribution is 7.11. The number of nitrogens with zero attached hydrogens (tertiary/aromatic N) is 1. The minimum Gasteiger partial charge on any atom is -0.469 e. The predicted octanol–water partition coefficient (Wildman–Crippen LogP) is 1.67. The average Bonchev–Trinajstić information content (AvgIpc) is 2.64. The number of carbonyl (C=O) groups excluding carboxylic acids is 1. The Morgan fingerprint density at radius 1 is 1.73 bits per heavy atom. The molecule has 5 heteroatoms. The summed E-state index contributed by atoms with van der Waals surface area (Å²) >= 11 is 1.67. The molecule has 1 atom stereocenters. The van der Waals surface area contributed by atoms with Crippen LogP contribution >= 0.6 is 11.3 Å². The molecule has 0 aliphatic carbocycles. The Morgan fingerprint density at radius 2 is 2.47 bits per heavy atom. The van der Waals surface area contributed by atoms with E-state index >= 15 is 0 Å². The topological polar surface area (TPSA) is 51.2 Å². The van der Waals surface area contributed by atoms with Gasteiger partial charge in [-0.1, -0.05) is 0 Å². The zero-order chi connectivity index (χ0) is 11.3. The second-order valence-corrected chi connectivity index (χ2v) is 4.58. The van der Waals surface area contributed by atoms with Crippen molar-refractivity contribution in [1.29, 1.82) is 0 Å². The van der Waals surface area contributed by atoms with Gasteiger partial charge in [0.05, 0.1) is 19.6 Å². The van der Waals surface area contributed by atoms with Gasteiger partial charge in [-0.25, -0.2) is 4.98 Å². The van der Waals surface area contributed by atoms with Crippen molar-refractivity contribution < 1.29 is 9.53 Å². The predicted molar refractivity (Wildman–Crippen MR) is 59.9 cm³/mol. The first-order valence-corrected chi connectivity index (χ1v) is 5.67. The number of methoxy groups -OCH3 is 1. The number of nitrogens with one attached hydrogen (secondary N) is 1. The van der Waals surface area contributed by atoms with Crippen molar-refractivity contribution in [3.05, 3.63) is 16.1 Å². The molecule has 0 saturated heterocycles. The van der Waals surface area contributed by atoms with Crippen LogP contribution in [-0.2, 0) is 9.53 Å². The first-order chi connectivity index (χ1) is 7.13. The standard InChI is InChI=1S/C10H16N2O2S/c1-7-6-12-10(15-7)8(2)11-5-4-9(13)14-3/h6,8,11H,4-5H2,1-3H3. The van der Waals surface area contributed by atoms with Gasteiger partial charge in [0.15, 0.2) is 0 Å². The van der Waals surface area contributed by atoms with Crippen molar-refractivity contribution in [3.8, 4) is 0 Å². The summed E-state index contributed by atoms with van der Waals surface area (Å²) in [5, 5.41) is 4.28. The Balaban J connectivity index is 2.30. The van der Waals surface area contributed by atoms with Crippen LogP contribution in [0, 0.1) is 6.92 Å². The largest absolute Gasteiger partial charge is 0.469 e. The SMILES string of the molecule is COC(=O)CCNC(C)c1ncc(C)s1. The van der Waals surface area contributed by atoms with E-state index < -0.39 is 0 Å². The number of ether oxygens (including phenoxy) is 1. The zero-order valence-corrected chi connectivity index (χ0v) is 10.1. The van der Waals surface area contributed by atoms with Gasteiger partial charge < -0.3 is 10.1 Å². The van der Waals surface area contributed by atoms with Crippen LogP contribution in [0.4, 0.5) is 0 Å². The Bertz CT molecular complexity index is 325. The third-order valence-corrected chi connectivity index (χ3v) is 3.11. The van der Waals surface area contributed by atoms with Gasteiger partial charge in [-0.3, -0.25) is 4.79 Å². The number of rotatable bonds is 5. The second kappa shape index (κ2) is 5.82. The summed E-state index contributed by atoms with van der Waals surface area (Å²) < 4.78 is 4.55. The molecular formula is C10H16N2O2S. The first kappa shape index (κ1) is 12.1. The normalized spacial score (nSPS) is 12.5. The molecule has 1 rings (SSSR count). The Morgan fingerprint density at radius 3 is 3.00 bits per heavy atom. The van der Waals surface area contributed by atoms with Crippen molar-refractivity contribution in [2.45, 2.75) is 26.3 Å². The van der Waals surface area contributed by atoms with E-state index in [4.69, 9.17) is 0 Å². The molecule has 0 aromatic carbocycles. The highest BCUT2D eigenvalue weighted by atomic mass is 32.1. The molecule has 4 nitrogen and oxygen atoms in total. The van der Waals surface area contributed by atoms with E-state index in [9.17, 15) is 4.79 Å². The lowest BCUT2D eigenvalue weighted by Crippen LogP contribution is -2.22. The van der Waals surface area contributed by atoms with Crippen molar-refractivity contribution in [2.75, 3.05) is 13.7 Å². The van der Waals surface area contributed by atoms with E-state index in [0.717, 1.165) is 5.01 Å². The van der Waals surface area contributed by atoms with Gasteiger partial charge in [0.2, 0.25) is 0 Å². The highest BCUT2D eigenvalue weighted by Crippen LogP contribution is 2.18. The molecule has 0 amide bonds. The Labute approximate surface area is 93.7 Å². The summed E-state index contributed by atoms with van der Waals surface area (Å²) in [6.45, 7) is 4.68. The summed E-state index contributed by atoms with van der Waals surface area (Å²) in [5.41, 5.74) is 0. The molecule has 1 unspecified atom stereocenters. The Hall–Kier alpha value is -0.940. The lowest BCUT2D eigenvalue weighted by molar-refractivity contribution is -0.140. The van der Waals surface area contributed by atoms with Crippen LogP contribution in [0.15, 0.2) is 6.20 Å². The molecule has 0 fully saturated rings. The summed E-state index contributed by atoms with van der Waals surface area (Å²) in [5.74, 6) is -0.190. The van der Waals surface area contributed by atoms with Gasteiger partial charge in [-0.05, 0) is 13.8 Å². The molecule has 0 saturated carbocycles. The molecule has 15 heavy (non-hydrogen) atoms. The van der Waals surface area contributed by atoms with Gasteiger partial charge >= 0.3 is 5.97 Å². The third-order valence-electron chi connectivity index (χ3n) is 2.02. The van der Waals surface area contributed by atoms with Crippen LogP contribution in [0.5, 0.6) is 0 Å². The summed E-state index contributed by atoms with van der Waals surface area (Å²) in [4.78, 5) is 16.3. The molecule has 1 aromatic rings. The van der Waals surface area contributed by atoms with E-state index in [-0.39, 0.29) is 12.0 Å². The minimum atomic E-state index is -0.190. The smallest absolute Gasteiger partial charge is 0.306 e. The van der Waals surface area contributed by atoms with Gasteiger partial charge in [0.1, 0.15) is 5.01 Å². The second-order valence-electron chi connectivity index (χ2n) is 3.31. The molecule has 0 aliphatic heterocycles. The van der Waals surface area contributed by atoms with E-state index in [1.165, 1.54) is 12.0 Å². The van der Waals surface area contributed by atoms with E-state index in [1.807, 2.05) is 20.0 Å². The number of esters is 1. The summed E-state index contributed by atoms with van der Waals surface area (Å²) in [6, 6.07) is 0.188. The van der Waals surface area contributed by atoms with Crippen LogP contribution in [0.1, 0.15) is 29.3 Å². The van der Waals surface area contributed by atoms with Crippen LogP contribution in [0.25, 0.3) is 0 Å². The average molecular weight is 228 g/mol. The van der Waals surface area contributed by atoms with Gasteiger partial charge in [0.25, 0.3) is 0 Å². The summed E-state index contributed by atoms with van der Waals surface area (Å²) in [7, 11) is 1.40. The summed E-state index contributed by atoms with van der Waals surface area (Å²) in [6.07, 6.45) is 2.25. The molecular weight excluding hydrogens is 212 g/mol. The Kier molecular flexibility index (Phi) is 4.71. The quantitative estimate of drug-likeness (QED) is 0.779. The molecule has 84 valence electrons. The van der Waals surface area contributed by atoms with Crippen LogP contribution in [-0.4, -0.2) is 24.6 Å². The van der Waals surface area contributed by atoms with Gasteiger partial charge in [0, 0.05) is 17.6 Å². The monoisotopic (exact) mass is 228 g/mol. The number of hydrogen-bond donors (Lipinski definition) is 1. The molecule has 0 aliphatic rings. The van der Waals surface area contributed by atoms with E-state index in [1.54, 1.807) is 11.3 Å². The van der Waals surface area contributed by atoms with E-state index in [2.05, 4.69) is 15.0 Å².